The first-order chi connectivity index (χ1) is 15.6. The molecule has 0 saturated carbocycles. The van der Waals surface area contributed by atoms with E-state index in [2.05, 4.69) is 39.0 Å². The molecule has 4 nitrogen and oxygen atoms in total. The number of aliphatic hydroxyl groups is 3. The molecule has 2 rings (SSSR count). The van der Waals surface area contributed by atoms with Crippen LogP contribution in [0.2, 0.25) is 0 Å². The third kappa shape index (κ3) is 6.69. The maximum atomic E-state index is 10.4. The van der Waals surface area contributed by atoms with Crippen LogP contribution in [0.25, 0.3) is 6.08 Å². The van der Waals surface area contributed by atoms with E-state index in [4.69, 9.17) is 4.74 Å². The van der Waals surface area contributed by atoms with Gasteiger partial charge in [0, 0.05) is 5.41 Å². The lowest BCUT2D eigenvalue weighted by atomic mass is 9.75. The number of ether oxygens (including phenoxy) is 1. The van der Waals surface area contributed by atoms with Gasteiger partial charge in [-0.05, 0) is 64.6 Å². The summed E-state index contributed by atoms with van der Waals surface area (Å²) in [4.78, 5) is 0. The minimum absolute atomic E-state index is 0.0998. The zero-order chi connectivity index (χ0) is 24.6. The number of aliphatic hydroxyl groups excluding tert-OH is 3. The van der Waals surface area contributed by atoms with Crippen LogP contribution in [0.1, 0.15) is 82.2 Å². The second kappa shape index (κ2) is 11.8. The van der Waals surface area contributed by atoms with Crippen LogP contribution in [0, 0.1) is 5.41 Å². The molecule has 182 valence electrons. The first-order valence-electron chi connectivity index (χ1n) is 12.1. The average Bonchev–Trinajstić information content (AvgIpc) is 2.82. The van der Waals surface area contributed by atoms with Gasteiger partial charge in [0.25, 0.3) is 0 Å². The zero-order valence-electron chi connectivity index (χ0n) is 21.2. The topological polar surface area (TPSA) is 69.9 Å². The number of benzene rings is 2. The van der Waals surface area contributed by atoms with E-state index in [1.807, 2.05) is 51.1 Å². The summed E-state index contributed by atoms with van der Waals surface area (Å²) in [6.07, 6.45) is 6.21. The van der Waals surface area contributed by atoms with Gasteiger partial charge in [-0.1, -0.05) is 78.0 Å². The summed E-state index contributed by atoms with van der Waals surface area (Å²) in [7, 11) is 0. The fraction of sp³-hybridized carbons (Fsp3) is 0.517. The van der Waals surface area contributed by atoms with E-state index >= 15 is 0 Å². The second-order valence-electron chi connectivity index (χ2n) is 9.96. The van der Waals surface area contributed by atoms with Crippen molar-refractivity contribution >= 4 is 6.08 Å². The lowest BCUT2D eigenvalue weighted by molar-refractivity contribution is 0.106. The van der Waals surface area contributed by atoms with Crippen molar-refractivity contribution in [2.75, 3.05) is 6.61 Å². The largest absolute Gasteiger partial charge is 0.493 e. The highest BCUT2D eigenvalue weighted by Crippen LogP contribution is 2.35. The Morgan fingerprint density at radius 2 is 1.55 bits per heavy atom. The number of aryl methyl sites for hydroxylation is 1. The molecule has 0 aromatic heterocycles. The lowest BCUT2D eigenvalue weighted by Crippen LogP contribution is -2.32. The van der Waals surface area contributed by atoms with Crippen molar-refractivity contribution in [1.82, 2.24) is 0 Å². The molecule has 1 atom stereocenters. The summed E-state index contributed by atoms with van der Waals surface area (Å²) in [5.41, 5.74) is 4.74. The SMILES string of the molecule is CCc1cc(C(CC)(CC)COc2ccc(CO)c(CO)c2)ccc1C=CC(O)C(C)(C)C. The summed E-state index contributed by atoms with van der Waals surface area (Å²) in [5.74, 6) is 0.703. The van der Waals surface area contributed by atoms with Gasteiger partial charge in [0.2, 0.25) is 0 Å². The normalized spacial score (nSPS) is 13.5. The fourth-order valence-corrected chi connectivity index (χ4v) is 4.05. The number of rotatable bonds is 11. The molecule has 2 aromatic rings. The smallest absolute Gasteiger partial charge is 0.119 e. The number of hydrogen-bond donors (Lipinski definition) is 3. The van der Waals surface area contributed by atoms with Crippen LogP contribution in [0.3, 0.4) is 0 Å². The fourth-order valence-electron chi connectivity index (χ4n) is 4.05. The van der Waals surface area contributed by atoms with Gasteiger partial charge in [0.1, 0.15) is 5.75 Å². The van der Waals surface area contributed by atoms with Gasteiger partial charge >= 0.3 is 0 Å². The van der Waals surface area contributed by atoms with Crippen molar-refractivity contribution in [3.05, 3.63) is 70.3 Å². The molecule has 0 aliphatic heterocycles. The highest BCUT2D eigenvalue weighted by atomic mass is 16.5. The Morgan fingerprint density at radius 3 is 2.09 bits per heavy atom. The zero-order valence-corrected chi connectivity index (χ0v) is 21.2. The molecule has 2 aromatic carbocycles. The maximum absolute atomic E-state index is 10.4. The highest BCUT2D eigenvalue weighted by Gasteiger charge is 2.30. The van der Waals surface area contributed by atoms with Crippen molar-refractivity contribution in [2.45, 2.75) is 85.5 Å². The van der Waals surface area contributed by atoms with Crippen LogP contribution in [-0.4, -0.2) is 28.0 Å². The Labute approximate surface area is 199 Å². The Balaban J connectivity index is 2.31. The van der Waals surface area contributed by atoms with Crippen LogP contribution < -0.4 is 4.74 Å². The molecule has 33 heavy (non-hydrogen) atoms. The van der Waals surface area contributed by atoms with E-state index in [0.717, 1.165) is 30.4 Å². The van der Waals surface area contributed by atoms with E-state index in [-0.39, 0.29) is 24.0 Å². The average molecular weight is 455 g/mol. The molecule has 0 heterocycles. The minimum Gasteiger partial charge on any atom is -0.493 e. The lowest BCUT2D eigenvalue weighted by Gasteiger charge is -2.33. The van der Waals surface area contributed by atoms with E-state index in [9.17, 15) is 15.3 Å². The summed E-state index contributed by atoms with van der Waals surface area (Å²) in [5, 5.41) is 29.4. The highest BCUT2D eigenvalue weighted by molar-refractivity contribution is 5.56. The van der Waals surface area contributed by atoms with Gasteiger partial charge in [0.15, 0.2) is 0 Å². The summed E-state index contributed by atoms with van der Waals surface area (Å²) >= 11 is 0. The van der Waals surface area contributed by atoms with E-state index in [1.165, 1.54) is 11.1 Å². The van der Waals surface area contributed by atoms with Crippen LogP contribution in [0.4, 0.5) is 0 Å². The molecule has 1 unspecified atom stereocenters. The van der Waals surface area contributed by atoms with Gasteiger partial charge in [-0.2, -0.15) is 0 Å². The van der Waals surface area contributed by atoms with Gasteiger partial charge < -0.3 is 20.1 Å². The molecule has 0 radical (unpaired) electrons. The molecule has 3 N–H and O–H groups in total. The molecule has 0 aliphatic carbocycles. The second-order valence-corrected chi connectivity index (χ2v) is 9.96. The van der Waals surface area contributed by atoms with Gasteiger partial charge in [-0.25, -0.2) is 0 Å². The first-order valence-corrected chi connectivity index (χ1v) is 12.1. The summed E-state index contributed by atoms with van der Waals surface area (Å²) in [6, 6.07) is 12.1. The predicted molar refractivity (Wildman–Crippen MR) is 136 cm³/mol. The third-order valence-corrected chi connectivity index (χ3v) is 6.87. The van der Waals surface area contributed by atoms with E-state index < -0.39 is 6.10 Å². The molecule has 0 aliphatic rings. The van der Waals surface area contributed by atoms with E-state index in [0.29, 0.717) is 17.9 Å². The summed E-state index contributed by atoms with van der Waals surface area (Å²) in [6.45, 7) is 12.9. The van der Waals surface area contributed by atoms with Gasteiger partial charge in [0.05, 0.1) is 25.9 Å². The van der Waals surface area contributed by atoms with E-state index in [1.54, 1.807) is 0 Å². The molecule has 0 bridgehead atoms. The molecule has 0 amide bonds. The Hall–Kier alpha value is -2.14. The van der Waals surface area contributed by atoms with Crippen molar-refractivity contribution < 1.29 is 20.1 Å². The first kappa shape index (κ1) is 27.1. The molecule has 4 heteroatoms. The van der Waals surface area contributed by atoms with Crippen LogP contribution in [0.5, 0.6) is 5.75 Å². The molecular formula is C29H42O4. The Morgan fingerprint density at radius 1 is 0.879 bits per heavy atom. The minimum atomic E-state index is -0.498. The van der Waals surface area contributed by atoms with Gasteiger partial charge in [-0.15, -0.1) is 0 Å². The van der Waals surface area contributed by atoms with Gasteiger partial charge in [-0.3, -0.25) is 0 Å². The monoisotopic (exact) mass is 454 g/mol. The third-order valence-electron chi connectivity index (χ3n) is 6.87. The molecule has 0 fully saturated rings. The predicted octanol–water partition coefficient (Wildman–Crippen LogP) is 5.79. The quantitative estimate of drug-likeness (QED) is 0.402. The molecular weight excluding hydrogens is 412 g/mol. The summed E-state index contributed by atoms with van der Waals surface area (Å²) < 4.78 is 6.23. The van der Waals surface area contributed by atoms with Crippen molar-refractivity contribution in [3.63, 3.8) is 0 Å². The van der Waals surface area contributed by atoms with Crippen molar-refractivity contribution in [2.24, 2.45) is 5.41 Å². The van der Waals surface area contributed by atoms with Crippen molar-refractivity contribution in [1.29, 1.82) is 0 Å². The Kier molecular flexibility index (Phi) is 9.71. The maximum Gasteiger partial charge on any atom is 0.119 e. The van der Waals surface area contributed by atoms with Crippen LogP contribution >= 0.6 is 0 Å². The van der Waals surface area contributed by atoms with Crippen LogP contribution in [0.15, 0.2) is 42.5 Å². The Bertz CT molecular complexity index is 920. The van der Waals surface area contributed by atoms with Crippen LogP contribution in [-0.2, 0) is 25.0 Å². The molecule has 0 saturated heterocycles. The standard InChI is InChI=1S/C29H42O4/c1-7-21-16-25(13-10-22(21)12-15-27(32)28(4,5)6)29(8-2,9-3)20-33-26-14-11-23(18-30)24(17-26)19-31/h10-17,27,30-32H,7-9,18-20H2,1-6H3. The number of hydrogen-bond acceptors (Lipinski definition) is 4. The molecule has 0 spiro atoms. The van der Waals surface area contributed by atoms with Crippen molar-refractivity contribution in [3.8, 4) is 5.75 Å².